The second-order valence-corrected chi connectivity index (χ2v) is 7.52. The molecule has 1 N–H and O–H groups in total. The Morgan fingerprint density at radius 1 is 1.06 bits per heavy atom. The zero-order chi connectivity index (χ0) is 22.8. The van der Waals surface area contributed by atoms with Gasteiger partial charge >= 0.3 is 6.18 Å². The number of anilines is 3. The van der Waals surface area contributed by atoms with Gasteiger partial charge < -0.3 is 10.2 Å². The Bertz CT molecular complexity index is 1100. The number of nitrogens with one attached hydrogen (secondary N) is 1. The van der Waals surface area contributed by atoms with Gasteiger partial charge in [-0.25, -0.2) is 9.97 Å². The molecular formula is C20H16Cl2F3N5O. The number of carbonyl (C=O) groups excluding carboxylic acids is 1. The number of hydrogen-bond acceptors (Lipinski definition) is 6. The lowest BCUT2D eigenvalue weighted by atomic mass is 10.0. The SMILES string of the molecule is CN(C)c1nc(Nc2cc(CC(=O)c3c(Cl)cccc3Cl)ccn2)cc(C(F)(F)F)n1. The minimum absolute atomic E-state index is 0.0266. The molecule has 3 rings (SSSR count). The van der Waals surface area contributed by atoms with E-state index in [0.717, 1.165) is 6.07 Å². The normalized spacial score (nSPS) is 11.3. The van der Waals surface area contributed by atoms with E-state index >= 15 is 0 Å². The summed E-state index contributed by atoms with van der Waals surface area (Å²) in [5.74, 6) is -0.288. The Labute approximate surface area is 186 Å². The molecule has 0 aliphatic carbocycles. The average Bonchev–Trinajstić information content (AvgIpc) is 2.67. The van der Waals surface area contributed by atoms with Crippen molar-refractivity contribution >= 4 is 46.6 Å². The number of nitrogens with zero attached hydrogens (tertiary/aromatic N) is 4. The second-order valence-electron chi connectivity index (χ2n) is 6.70. The van der Waals surface area contributed by atoms with Crippen molar-refractivity contribution in [3.8, 4) is 0 Å². The van der Waals surface area contributed by atoms with Crippen molar-refractivity contribution in [2.45, 2.75) is 12.6 Å². The maximum absolute atomic E-state index is 13.2. The topological polar surface area (TPSA) is 71.0 Å². The van der Waals surface area contributed by atoms with E-state index in [0.29, 0.717) is 5.56 Å². The molecule has 11 heteroatoms. The summed E-state index contributed by atoms with van der Waals surface area (Å²) in [4.78, 5) is 25.7. The van der Waals surface area contributed by atoms with Gasteiger partial charge in [-0.2, -0.15) is 18.2 Å². The Morgan fingerprint density at radius 3 is 2.35 bits per heavy atom. The summed E-state index contributed by atoms with van der Waals surface area (Å²) in [5, 5.41) is 3.21. The van der Waals surface area contributed by atoms with Crippen molar-refractivity contribution < 1.29 is 18.0 Å². The molecule has 0 radical (unpaired) electrons. The van der Waals surface area contributed by atoms with Crippen LogP contribution in [0.3, 0.4) is 0 Å². The average molecular weight is 470 g/mol. The van der Waals surface area contributed by atoms with Crippen molar-refractivity contribution in [1.29, 1.82) is 0 Å². The highest BCUT2D eigenvalue weighted by molar-refractivity contribution is 6.39. The van der Waals surface area contributed by atoms with E-state index in [9.17, 15) is 18.0 Å². The van der Waals surface area contributed by atoms with Crippen LogP contribution in [0.25, 0.3) is 0 Å². The van der Waals surface area contributed by atoms with E-state index in [4.69, 9.17) is 23.2 Å². The van der Waals surface area contributed by atoms with Crippen LogP contribution >= 0.6 is 23.2 Å². The van der Waals surface area contributed by atoms with Gasteiger partial charge in [-0.05, 0) is 29.8 Å². The Balaban J connectivity index is 1.86. The van der Waals surface area contributed by atoms with E-state index in [1.165, 1.54) is 31.3 Å². The number of hydrogen-bond donors (Lipinski definition) is 1. The van der Waals surface area contributed by atoms with Crippen molar-refractivity contribution in [2.24, 2.45) is 0 Å². The molecule has 6 nitrogen and oxygen atoms in total. The molecule has 2 heterocycles. The molecule has 0 atom stereocenters. The molecule has 31 heavy (non-hydrogen) atoms. The van der Waals surface area contributed by atoms with Gasteiger partial charge in [-0.1, -0.05) is 29.3 Å². The fourth-order valence-electron chi connectivity index (χ4n) is 2.67. The molecule has 0 saturated carbocycles. The van der Waals surface area contributed by atoms with Gasteiger partial charge in [0.1, 0.15) is 11.6 Å². The zero-order valence-electron chi connectivity index (χ0n) is 16.3. The molecule has 162 valence electrons. The third kappa shape index (κ3) is 5.62. The standard InChI is InChI=1S/C20H16Cl2F3N5O/c1-30(2)19-27-15(20(23,24)25)10-17(29-19)28-16-9-11(6-7-26-16)8-14(31)18-12(21)4-3-5-13(18)22/h3-7,9-10H,8H2,1-2H3,(H,26,27,28,29). The molecule has 0 bridgehead atoms. The maximum Gasteiger partial charge on any atom is 0.433 e. The highest BCUT2D eigenvalue weighted by atomic mass is 35.5. The Morgan fingerprint density at radius 2 is 1.74 bits per heavy atom. The van der Waals surface area contributed by atoms with Crippen LogP contribution < -0.4 is 10.2 Å². The minimum Gasteiger partial charge on any atom is -0.347 e. The molecule has 0 saturated heterocycles. The molecule has 3 aromatic rings. The number of ketones is 1. The number of alkyl halides is 3. The van der Waals surface area contributed by atoms with Gasteiger partial charge in [0.15, 0.2) is 11.5 Å². The van der Waals surface area contributed by atoms with Crippen molar-refractivity contribution in [2.75, 3.05) is 24.3 Å². The quantitative estimate of drug-likeness (QED) is 0.485. The molecule has 0 fully saturated rings. The molecule has 1 aromatic carbocycles. The predicted molar refractivity (Wildman–Crippen MR) is 113 cm³/mol. The lowest BCUT2D eigenvalue weighted by Crippen LogP contribution is -2.18. The van der Waals surface area contributed by atoms with Crippen LogP contribution in [0.1, 0.15) is 21.6 Å². The van der Waals surface area contributed by atoms with Gasteiger partial charge in [-0.15, -0.1) is 0 Å². The van der Waals surface area contributed by atoms with Crippen molar-refractivity contribution in [3.63, 3.8) is 0 Å². The monoisotopic (exact) mass is 469 g/mol. The first kappa shape index (κ1) is 22.8. The highest BCUT2D eigenvalue weighted by Gasteiger charge is 2.34. The molecule has 0 amide bonds. The third-order valence-corrected chi connectivity index (χ3v) is 4.72. The van der Waals surface area contributed by atoms with E-state index in [1.807, 2.05) is 0 Å². The molecule has 2 aromatic heterocycles. The highest BCUT2D eigenvalue weighted by Crippen LogP contribution is 2.31. The third-order valence-electron chi connectivity index (χ3n) is 4.09. The van der Waals surface area contributed by atoms with Crippen LogP contribution in [0, 0.1) is 0 Å². The number of pyridine rings is 1. The molecule has 0 aliphatic rings. The van der Waals surface area contributed by atoms with Gasteiger partial charge in [0.25, 0.3) is 0 Å². The molecule has 0 unspecified atom stereocenters. The zero-order valence-corrected chi connectivity index (χ0v) is 17.8. The van der Waals surface area contributed by atoms with E-state index in [-0.39, 0.29) is 45.4 Å². The minimum atomic E-state index is -4.64. The summed E-state index contributed by atoms with van der Waals surface area (Å²) >= 11 is 12.2. The van der Waals surface area contributed by atoms with Gasteiger partial charge in [0, 0.05) is 32.8 Å². The van der Waals surface area contributed by atoms with E-state index in [1.54, 1.807) is 24.3 Å². The summed E-state index contributed by atoms with van der Waals surface area (Å²) in [6.45, 7) is 0. The number of rotatable bonds is 6. The second kappa shape index (κ2) is 9.07. The molecular weight excluding hydrogens is 454 g/mol. The Kier molecular flexibility index (Phi) is 6.66. The lowest BCUT2D eigenvalue weighted by molar-refractivity contribution is -0.141. The van der Waals surface area contributed by atoms with E-state index < -0.39 is 11.9 Å². The smallest absolute Gasteiger partial charge is 0.347 e. The summed E-state index contributed by atoms with van der Waals surface area (Å²) < 4.78 is 39.5. The summed E-state index contributed by atoms with van der Waals surface area (Å²) in [7, 11) is 3.06. The summed E-state index contributed by atoms with van der Waals surface area (Å²) in [6, 6.07) is 8.70. The maximum atomic E-state index is 13.2. The van der Waals surface area contributed by atoms with Gasteiger partial charge in [-0.3, -0.25) is 4.79 Å². The fourth-order valence-corrected chi connectivity index (χ4v) is 3.27. The van der Waals surface area contributed by atoms with Crippen LogP contribution in [-0.4, -0.2) is 34.8 Å². The molecule has 0 spiro atoms. The van der Waals surface area contributed by atoms with Crippen LogP contribution in [0.5, 0.6) is 0 Å². The van der Waals surface area contributed by atoms with Gasteiger partial charge in [0.05, 0.1) is 15.6 Å². The Hall–Kier alpha value is -2.91. The number of Topliss-reactive ketones (excluding diaryl/α,β-unsaturated/α-hetero) is 1. The van der Waals surface area contributed by atoms with Crippen LogP contribution in [0.4, 0.5) is 30.8 Å². The predicted octanol–water partition coefficient (Wildman–Crippen LogP) is 5.43. The first-order valence-electron chi connectivity index (χ1n) is 8.87. The number of benzene rings is 1. The van der Waals surface area contributed by atoms with E-state index in [2.05, 4.69) is 20.3 Å². The lowest BCUT2D eigenvalue weighted by Gasteiger charge is -2.15. The summed E-state index contributed by atoms with van der Waals surface area (Å²) in [6.07, 6.45) is -3.24. The number of halogens is 5. The number of aromatic nitrogens is 3. The largest absolute Gasteiger partial charge is 0.433 e. The van der Waals surface area contributed by atoms with Crippen LogP contribution in [0.15, 0.2) is 42.6 Å². The van der Waals surface area contributed by atoms with Crippen LogP contribution in [-0.2, 0) is 12.6 Å². The fraction of sp³-hybridized carbons (Fsp3) is 0.200. The van der Waals surface area contributed by atoms with Gasteiger partial charge in [0.2, 0.25) is 5.95 Å². The first-order chi connectivity index (χ1) is 14.5. The van der Waals surface area contributed by atoms with Crippen molar-refractivity contribution in [1.82, 2.24) is 15.0 Å². The van der Waals surface area contributed by atoms with Crippen LogP contribution in [0.2, 0.25) is 10.0 Å². The summed E-state index contributed by atoms with van der Waals surface area (Å²) in [5.41, 5.74) is -0.316. The first-order valence-corrected chi connectivity index (χ1v) is 9.63. The molecule has 0 aliphatic heterocycles. The van der Waals surface area contributed by atoms with Crippen molar-refractivity contribution in [3.05, 3.63) is 69.5 Å². The number of carbonyl (C=O) groups is 1.